The third kappa shape index (κ3) is 3.30. The molecule has 4 nitrogen and oxygen atoms in total. The molecule has 0 amide bonds. The van der Waals surface area contributed by atoms with E-state index in [4.69, 9.17) is 0 Å². The van der Waals surface area contributed by atoms with Gasteiger partial charge in [0, 0.05) is 31.9 Å². The number of aryl methyl sites for hydroxylation is 2. The van der Waals surface area contributed by atoms with E-state index in [0.29, 0.717) is 26.2 Å². The molecule has 0 N–H and O–H groups in total. The lowest BCUT2D eigenvalue weighted by Crippen LogP contribution is -2.48. The topological polar surface area (TPSA) is 40.6 Å². The summed E-state index contributed by atoms with van der Waals surface area (Å²) in [5, 5.41) is 0. The first-order chi connectivity index (χ1) is 11.4. The number of hydrogen-bond donors (Lipinski definition) is 0. The van der Waals surface area contributed by atoms with E-state index in [2.05, 4.69) is 30.0 Å². The molecule has 0 unspecified atom stereocenters. The molecule has 1 aliphatic rings. The summed E-state index contributed by atoms with van der Waals surface area (Å²) in [5.74, 6) is -0.537. The zero-order valence-electron chi connectivity index (χ0n) is 13.9. The Morgan fingerprint density at radius 2 is 1.67 bits per heavy atom. The molecule has 0 aliphatic carbocycles. The van der Waals surface area contributed by atoms with Crippen LogP contribution in [0.25, 0.3) is 0 Å². The molecule has 128 valence electrons. The number of hydrogen-bond acceptors (Lipinski definition) is 3. The van der Waals surface area contributed by atoms with E-state index in [-0.39, 0.29) is 4.90 Å². The number of rotatable bonds is 3. The van der Waals surface area contributed by atoms with Crippen molar-refractivity contribution in [3.8, 4) is 0 Å². The number of anilines is 1. The molecule has 2 aromatic carbocycles. The summed E-state index contributed by atoms with van der Waals surface area (Å²) >= 11 is 0. The van der Waals surface area contributed by atoms with Gasteiger partial charge in [-0.25, -0.2) is 12.8 Å². The van der Waals surface area contributed by atoms with Gasteiger partial charge in [-0.1, -0.05) is 18.2 Å². The van der Waals surface area contributed by atoms with Crippen molar-refractivity contribution in [3.63, 3.8) is 0 Å². The van der Waals surface area contributed by atoms with Crippen LogP contribution in [0.4, 0.5) is 10.1 Å². The third-order valence-corrected chi connectivity index (χ3v) is 6.27. The second-order valence-electron chi connectivity index (χ2n) is 6.14. The molecule has 0 atom stereocenters. The SMILES string of the molecule is Cc1ccc(C)c(N2CCN(S(=O)(=O)c3cccc(F)c3)CC2)c1. The van der Waals surface area contributed by atoms with Crippen molar-refractivity contribution in [2.45, 2.75) is 18.7 Å². The van der Waals surface area contributed by atoms with Crippen LogP contribution in [0.3, 0.4) is 0 Å². The Balaban J connectivity index is 1.76. The van der Waals surface area contributed by atoms with E-state index in [9.17, 15) is 12.8 Å². The molecule has 3 rings (SSSR count). The fraction of sp³-hybridized carbons (Fsp3) is 0.333. The predicted octanol–water partition coefficient (Wildman–Crippen LogP) is 2.95. The van der Waals surface area contributed by atoms with Gasteiger partial charge in [-0.05, 0) is 49.2 Å². The maximum Gasteiger partial charge on any atom is 0.243 e. The Morgan fingerprint density at radius 3 is 2.33 bits per heavy atom. The predicted molar refractivity (Wildman–Crippen MR) is 93.3 cm³/mol. The number of piperazine rings is 1. The minimum atomic E-state index is -3.64. The smallest absolute Gasteiger partial charge is 0.243 e. The molecule has 0 saturated carbocycles. The maximum atomic E-state index is 13.3. The molecule has 2 aromatic rings. The maximum absolute atomic E-state index is 13.3. The molecule has 6 heteroatoms. The molecule has 0 spiro atoms. The molecule has 0 aromatic heterocycles. The monoisotopic (exact) mass is 348 g/mol. The first kappa shape index (κ1) is 16.9. The van der Waals surface area contributed by atoms with Crippen molar-refractivity contribution in [3.05, 3.63) is 59.4 Å². The van der Waals surface area contributed by atoms with E-state index in [0.717, 1.165) is 11.8 Å². The second-order valence-corrected chi connectivity index (χ2v) is 8.08. The summed E-state index contributed by atoms with van der Waals surface area (Å²) in [6.45, 7) is 6.15. The normalized spacial score (nSPS) is 16.4. The van der Waals surface area contributed by atoms with E-state index in [1.165, 1.54) is 33.6 Å². The van der Waals surface area contributed by atoms with Crippen LogP contribution in [0.15, 0.2) is 47.4 Å². The van der Waals surface area contributed by atoms with Gasteiger partial charge in [-0.3, -0.25) is 0 Å². The molecular formula is C18H21FN2O2S. The Bertz CT molecular complexity index is 844. The largest absolute Gasteiger partial charge is 0.369 e. The Morgan fingerprint density at radius 1 is 0.958 bits per heavy atom. The lowest BCUT2D eigenvalue weighted by atomic mass is 10.1. The number of halogens is 1. The van der Waals surface area contributed by atoms with Gasteiger partial charge in [-0.2, -0.15) is 4.31 Å². The fourth-order valence-electron chi connectivity index (χ4n) is 3.01. The van der Waals surface area contributed by atoms with Crippen LogP contribution in [-0.2, 0) is 10.0 Å². The zero-order chi connectivity index (χ0) is 17.3. The molecule has 1 heterocycles. The number of nitrogens with zero attached hydrogens (tertiary/aromatic N) is 2. The van der Waals surface area contributed by atoms with E-state index in [1.54, 1.807) is 0 Å². The molecular weight excluding hydrogens is 327 g/mol. The molecule has 1 aliphatic heterocycles. The third-order valence-electron chi connectivity index (χ3n) is 4.38. The first-order valence-corrected chi connectivity index (χ1v) is 9.40. The van der Waals surface area contributed by atoms with Crippen LogP contribution < -0.4 is 4.90 Å². The first-order valence-electron chi connectivity index (χ1n) is 7.96. The summed E-state index contributed by atoms with van der Waals surface area (Å²) in [4.78, 5) is 2.22. The van der Waals surface area contributed by atoms with Gasteiger partial charge in [0.2, 0.25) is 10.0 Å². The van der Waals surface area contributed by atoms with Crippen LogP contribution in [0, 0.1) is 19.7 Å². The summed E-state index contributed by atoms with van der Waals surface area (Å²) < 4.78 is 40.1. The highest BCUT2D eigenvalue weighted by Crippen LogP contribution is 2.25. The molecule has 1 fully saturated rings. The minimum Gasteiger partial charge on any atom is -0.369 e. The Kier molecular flexibility index (Phi) is 4.60. The van der Waals surface area contributed by atoms with Crippen molar-refractivity contribution >= 4 is 15.7 Å². The standard InChI is InChI=1S/C18H21FN2O2S/c1-14-6-7-15(2)18(12-14)20-8-10-21(11-9-20)24(22,23)17-5-3-4-16(19)13-17/h3-7,12-13H,8-11H2,1-2H3. The van der Waals surface area contributed by atoms with Gasteiger partial charge < -0.3 is 4.90 Å². The highest BCUT2D eigenvalue weighted by atomic mass is 32.2. The van der Waals surface area contributed by atoms with Crippen molar-refractivity contribution in [2.24, 2.45) is 0 Å². The van der Waals surface area contributed by atoms with Crippen molar-refractivity contribution in [1.29, 1.82) is 0 Å². The summed E-state index contributed by atoms with van der Waals surface area (Å²) in [6.07, 6.45) is 0. The van der Waals surface area contributed by atoms with Gasteiger partial charge >= 0.3 is 0 Å². The van der Waals surface area contributed by atoms with Gasteiger partial charge in [-0.15, -0.1) is 0 Å². The molecule has 24 heavy (non-hydrogen) atoms. The van der Waals surface area contributed by atoms with Crippen LogP contribution in [0.5, 0.6) is 0 Å². The van der Waals surface area contributed by atoms with Crippen LogP contribution >= 0.6 is 0 Å². The minimum absolute atomic E-state index is 0.0164. The van der Waals surface area contributed by atoms with Crippen molar-refractivity contribution in [1.82, 2.24) is 4.31 Å². The Labute approximate surface area is 142 Å². The van der Waals surface area contributed by atoms with Gasteiger partial charge in [0.25, 0.3) is 0 Å². The van der Waals surface area contributed by atoms with Crippen molar-refractivity contribution < 1.29 is 12.8 Å². The number of sulfonamides is 1. The second kappa shape index (κ2) is 6.53. The summed E-state index contributed by atoms with van der Waals surface area (Å²) in [6, 6.07) is 11.5. The molecule has 1 saturated heterocycles. The molecule has 0 radical (unpaired) electrons. The van der Waals surface area contributed by atoms with Gasteiger partial charge in [0.05, 0.1) is 4.90 Å². The van der Waals surface area contributed by atoms with Crippen LogP contribution in [-0.4, -0.2) is 38.9 Å². The lowest BCUT2D eigenvalue weighted by molar-refractivity contribution is 0.384. The van der Waals surface area contributed by atoms with Gasteiger partial charge in [0.1, 0.15) is 5.82 Å². The van der Waals surface area contributed by atoms with E-state index in [1.807, 2.05) is 6.92 Å². The van der Waals surface area contributed by atoms with E-state index >= 15 is 0 Å². The zero-order valence-corrected chi connectivity index (χ0v) is 14.7. The lowest BCUT2D eigenvalue weighted by Gasteiger charge is -2.36. The fourth-order valence-corrected chi connectivity index (χ4v) is 4.46. The van der Waals surface area contributed by atoms with Crippen molar-refractivity contribution in [2.75, 3.05) is 31.1 Å². The quantitative estimate of drug-likeness (QED) is 0.856. The highest BCUT2D eigenvalue weighted by molar-refractivity contribution is 7.89. The average Bonchev–Trinajstić information content (AvgIpc) is 2.57. The van der Waals surface area contributed by atoms with E-state index < -0.39 is 15.8 Å². The highest BCUT2D eigenvalue weighted by Gasteiger charge is 2.29. The summed E-state index contributed by atoms with van der Waals surface area (Å²) in [5.41, 5.74) is 3.52. The van der Waals surface area contributed by atoms with Crippen LogP contribution in [0.2, 0.25) is 0 Å². The van der Waals surface area contributed by atoms with Crippen LogP contribution in [0.1, 0.15) is 11.1 Å². The van der Waals surface area contributed by atoms with Gasteiger partial charge in [0.15, 0.2) is 0 Å². The number of benzene rings is 2. The molecule has 0 bridgehead atoms. The Hall–Kier alpha value is -1.92. The average molecular weight is 348 g/mol. The summed E-state index contributed by atoms with van der Waals surface area (Å²) in [7, 11) is -3.64.